The van der Waals surface area contributed by atoms with Crippen LogP contribution in [-0.2, 0) is 16.9 Å². The standard InChI is InChI=1S/C15H11Cl2N3O3S/c1-20-13-8(7-18-15(19-13)24(2,22)23)6-9(14(20)21)12-10(16)4-3-5-11(12)17/h3-7H,1-2H3. The number of aryl methyl sites for hydroxylation is 1. The van der Waals surface area contributed by atoms with Crippen molar-refractivity contribution in [3.63, 3.8) is 0 Å². The fraction of sp³-hybridized carbons (Fsp3) is 0.133. The van der Waals surface area contributed by atoms with Crippen molar-refractivity contribution in [2.75, 3.05) is 6.26 Å². The van der Waals surface area contributed by atoms with E-state index in [1.807, 2.05) is 0 Å². The third kappa shape index (κ3) is 2.79. The second kappa shape index (κ2) is 5.84. The van der Waals surface area contributed by atoms with Crippen molar-refractivity contribution >= 4 is 44.1 Å². The molecule has 0 radical (unpaired) electrons. The van der Waals surface area contributed by atoms with Crippen LogP contribution in [0.2, 0.25) is 10.0 Å². The molecule has 0 atom stereocenters. The molecule has 0 bridgehead atoms. The molecular formula is C15H11Cl2N3O3S. The number of benzene rings is 1. The van der Waals surface area contributed by atoms with Gasteiger partial charge in [0, 0.05) is 30.4 Å². The minimum atomic E-state index is -3.58. The summed E-state index contributed by atoms with van der Waals surface area (Å²) in [5.41, 5.74) is 0.518. The average molecular weight is 384 g/mol. The molecule has 0 aliphatic rings. The Bertz CT molecular complexity index is 1120. The Morgan fingerprint density at radius 1 is 1.17 bits per heavy atom. The zero-order valence-corrected chi connectivity index (χ0v) is 14.9. The van der Waals surface area contributed by atoms with Gasteiger partial charge in [0.15, 0.2) is 0 Å². The highest BCUT2D eigenvalue weighted by molar-refractivity contribution is 7.90. The first-order valence-electron chi connectivity index (χ1n) is 6.71. The fourth-order valence-electron chi connectivity index (χ4n) is 2.34. The smallest absolute Gasteiger partial charge is 0.259 e. The summed E-state index contributed by atoms with van der Waals surface area (Å²) in [6.45, 7) is 0. The molecule has 3 rings (SSSR count). The van der Waals surface area contributed by atoms with Crippen molar-refractivity contribution in [2.45, 2.75) is 5.16 Å². The summed E-state index contributed by atoms with van der Waals surface area (Å²) in [4.78, 5) is 20.5. The molecular weight excluding hydrogens is 373 g/mol. The molecule has 6 nitrogen and oxygen atoms in total. The van der Waals surface area contributed by atoms with E-state index >= 15 is 0 Å². The number of rotatable bonds is 2. The van der Waals surface area contributed by atoms with Crippen molar-refractivity contribution in [1.82, 2.24) is 14.5 Å². The highest BCUT2D eigenvalue weighted by Crippen LogP contribution is 2.33. The lowest BCUT2D eigenvalue weighted by Crippen LogP contribution is -2.21. The molecule has 0 spiro atoms. The van der Waals surface area contributed by atoms with Gasteiger partial charge in [-0.3, -0.25) is 9.36 Å². The zero-order chi connectivity index (χ0) is 17.6. The maximum absolute atomic E-state index is 12.7. The molecule has 24 heavy (non-hydrogen) atoms. The molecule has 0 saturated heterocycles. The number of nitrogens with zero attached hydrogens (tertiary/aromatic N) is 3. The van der Waals surface area contributed by atoms with E-state index < -0.39 is 15.4 Å². The minimum absolute atomic E-state index is 0.211. The molecule has 9 heteroatoms. The van der Waals surface area contributed by atoms with Crippen LogP contribution in [-0.4, -0.2) is 29.2 Å². The highest BCUT2D eigenvalue weighted by atomic mass is 35.5. The van der Waals surface area contributed by atoms with Crippen LogP contribution in [0.1, 0.15) is 0 Å². The summed E-state index contributed by atoms with van der Waals surface area (Å²) >= 11 is 12.4. The number of pyridine rings is 1. The van der Waals surface area contributed by atoms with Crippen molar-refractivity contribution in [2.24, 2.45) is 7.05 Å². The Hall–Kier alpha value is -1.96. The Morgan fingerprint density at radius 3 is 2.38 bits per heavy atom. The molecule has 0 aliphatic heterocycles. The molecule has 0 aliphatic carbocycles. The fourth-order valence-corrected chi connectivity index (χ4v) is 3.44. The third-order valence-corrected chi connectivity index (χ3v) is 4.98. The van der Waals surface area contributed by atoms with Crippen molar-refractivity contribution in [3.05, 3.63) is 50.9 Å². The van der Waals surface area contributed by atoms with E-state index in [4.69, 9.17) is 23.2 Å². The molecule has 0 saturated carbocycles. The van der Waals surface area contributed by atoms with Crippen LogP contribution < -0.4 is 5.56 Å². The molecule has 0 fully saturated rings. The van der Waals surface area contributed by atoms with Crippen LogP contribution in [0, 0.1) is 0 Å². The molecule has 0 amide bonds. The predicted octanol–water partition coefficient (Wildman–Crippen LogP) is 2.71. The number of hydrogen-bond donors (Lipinski definition) is 0. The molecule has 2 aromatic heterocycles. The Labute approximate surface area is 147 Å². The van der Waals surface area contributed by atoms with E-state index in [-0.39, 0.29) is 16.4 Å². The van der Waals surface area contributed by atoms with Gasteiger partial charge in [-0.05, 0) is 18.2 Å². The van der Waals surface area contributed by atoms with E-state index in [2.05, 4.69) is 9.97 Å². The first-order chi connectivity index (χ1) is 11.2. The van der Waals surface area contributed by atoms with Gasteiger partial charge in [0.1, 0.15) is 5.65 Å². The average Bonchev–Trinajstić information content (AvgIpc) is 2.50. The lowest BCUT2D eigenvalue weighted by atomic mass is 10.1. The molecule has 0 N–H and O–H groups in total. The topological polar surface area (TPSA) is 81.9 Å². The largest absolute Gasteiger partial charge is 0.295 e. The lowest BCUT2D eigenvalue weighted by Gasteiger charge is -2.11. The third-order valence-electron chi connectivity index (χ3n) is 3.49. The highest BCUT2D eigenvalue weighted by Gasteiger charge is 2.18. The van der Waals surface area contributed by atoms with Gasteiger partial charge in [0.2, 0.25) is 15.0 Å². The molecule has 1 aromatic carbocycles. The van der Waals surface area contributed by atoms with E-state index in [9.17, 15) is 13.2 Å². The monoisotopic (exact) mass is 383 g/mol. The van der Waals surface area contributed by atoms with Crippen LogP contribution >= 0.6 is 23.2 Å². The summed E-state index contributed by atoms with van der Waals surface area (Å²) in [7, 11) is -2.08. The van der Waals surface area contributed by atoms with Gasteiger partial charge in [-0.25, -0.2) is 13.4 Å². The second-order valence-corrected chi connectivity index (χ2v) is 7.95. The van der Waals surface area contributed by atoms with Crippen molar-refractivity contribution in [3.8, 4) is 11.1 Å². The van der Waals surface area contributed by atoms with Crippen LogP contribution in [0.15, 0.2) is 40.4 Å². The van der Waals surface area contributed by atoms with Crippen molar-refractivity contribution in [1.29, 1.82) is 0 Å². The van der Waals surface area contributed by atoms with E-state index in [0.29, 0.717) is 21.0 Å². The predicted molar refractivity (Wildman–Crippen MR) is 93.3 cm³/mol. The summed E-state index contributed by atoms with van der Waals surface area (Å²) in [5.74, 6) is 0. The quantitative estimate of drug-likeness (QED) is 0.635. The number of aromatic nitrogens is 3. The number of fused-ring (bicyclic) bond motifs is 1. The van der Waals surface area contributed by atoms with Gasteiger partial charge in [0.05, 0.1) is 15.6 Å². The van der Waals surface area contributed by atoms with Crippen LogP contribution in [0.3, 0.4) is 0 Å². The summed E-state index contributed by atoms with van der Waals surface area (Å²) in [5, 5.41) is 0.837. The SMILES string of the molecule is Cn1c(=O)c(-c2c(Cl)cccc2Cl)cc2cnc(S(C)(=O)=O)nc21. The Balaban J connectivity index is 2.39. The normalized spacial score (nSPS) is 11.8. The van der Waals surface area contributed by atoms with E-state index in [1.54, 1.807) is 24.3 Å². The summed E-state index contributed by atoms with van der Waals surface area (Å²) in [6.07, 6.45) is 2.36. The van der Waals surface area contributed by atoms with Gasteiger partial charge >= 0.3 is 0 Å². The van der Waals surface area contributed by atoms with Gasteiger partial charge in [-0.1, -0.05) is 29.3 Å². The Kier molecular flexibility index (Phi) is 4.11. The Morgan fingerprint density at radius 2 is 1.79 bits per heavy atom. The number of sulfone groups is 1. The number of halogens is 2. The summed E-state index contributed by atoms with van der Waals surface area (Å²) in [6, 6.07) is 6.50. The van der Waals surface area contributed by atoms with Gasteiger partial charge in [0.25, 0.3) is 5.56 Å². The lowest BCUT2D eigenvalue weighted by molar-refractivity contribution is 0.593. The van der Waals surface area contributed by atoms with Gasteiger partial charge in [-0.15, -0.1) is 0 Å². The molecule has 124 valence electrons. The first kappa shape index (κ1) is 16.9. The second-order valence-electron chi connectivity index (χ2n) is 5.22. The molecule has 3 aromatic rings. The molecule has 0 unspecified atom stereocenters. The van der Waals surface area contributed by atoms with Crippen molar-refractivity contribution < 1.29 is 8.42 Å². The van der Waals surface area contributed by atoms with Gasteiger partial charge < -0.3 is 0 Å². The maximum atomic E-state index is 12.7. The van der Waals surface area contributed by atoms with Crippen LogP contribution in [0.25, 0.3) is 22.2 Å². The van der Waals surface area contributed by atoms with Gasteiger partial charge in [-0.2, -0.15) is 4.98 Å². The van der Waals surface area contributed by atoms with Crippen LogP contribution in [0.4, 0.5) is 0 Å². The minimum Gasteiger partial charge on any atom is -0.295 e. The first-order valence-corrected chi connectivity index (χ1v) is 9.36. The van der Waals surface area contributed by atoms with Crippen LogP contribution in [0.5, 0.6) is 0 Å². The summed E-state index contributed by atoms with van der Waals surface area (Å²) < 4.78 is 24.5. The zero-order valence-electron chi connectivity index (χ0n) is 12.6. The molecule has 2 heterocycles. The maximum Gasteiger partial charge on any atom is 0.259 e. The number of hydrogen-bond acceptors (Lipinski definition) is 5. The van der Waals surface area contributed by atoms with E-state index in [1.165, 1.54) is 17.8 Å². The van der Waals surface area contributed by atoms with E-state index in [0.717, 1.165) is 6.26 Å².